The molecule has 0 unspecified atom stereocenters. The molecule has 0 fully saturated rings. The minimum Gasteiger partial charge on any atom is -0.497 e. The fraction of sp³-hybridized carbons (Fsp3) is 0.318. The van der Waals surface area contributed by atoms with Crippen LogP contribution in [0.15, 0.2) is 48.5 Å². The Balaban J connectivity index is 1.88. The average Bonchev–Trinajstić information content (AvgIpc) is 3.13. The highest BCUT2D eigenvalue weighted by molar-refractivity contribution is 5.98. The van der Waals surface area contributed by atoms with Crippen molar-refractivity contribution >= 4 is 16.8 Å². The zero-order valence-electron chi connectivity index (χ0n) is 17.1. The van der Waals surface area contributed by atoms with Gasteiger partial charge in [-0.2, -0.15) is 13.2 Å². The molecule has 2 aromatic carbocycles. The summed E-state index contributed by atoms with van der Waals surface area (Å²) in [5.41, 5.74) is 0.834. The molecule has 0 saturated carbocycles. The highest BCUT2D eigenvalue weighted by Gasteiger charge is 2.30. The molecule has 0 saturated heterocycles. The van der Waals surface area contributed by atoms with E-state index in [1.165, 1.54) is 6.07 Å². The molecule has 0 radical (unpaired) electrons. The normalized spacial score (nSPS) is 11.8. The average molecular weight is 419 g/mol. The Bertz CT molecular complexity index is 1030. The van der Waals surface area contributed by atoms with Crippen LogP contribution in [0.3, 0.4) is 0 Å². The summed E-state index contributed by atoms with van der Waals surface area (Å²) in [6.07, 6.45) is -4.43. The number of amides is 1. The van der Waals surface area contributed by atoms with Gasteiger partial charge in [0.15, 0.2) is 0 Å². The SMILES string of the molecule is COc1ccc2cc(C(=O)N(CCN(C)C)Cc3cccc(C(F)(F)F)c3)[nH]c2c1. The summed E-state index contributed by atoms with van der Waals surface area (Å²) >= 11 is 0. The molecule has 0 atom stereocenters. The number of H-pyrrole nitrogens is 1. The first-order valence-electron chi connectivity index (χ1n) is 9.44. The summed E-state index contributed by atoms with van der Waals surface area (Å²) in [7, 11) is 5.32. The minimum absolute atomic E-state index is 0.0787. The van der Waals surface area contributed by atoms with Crippen LogP contribution in [0, 0.1) is 0 Å². The van der Waals surface area contributed by atoms with E-state index in [2.05, 4.69) is 4.98 Å². The van der Waals surface area contributed by atoms with E-state index in [-0.39, 0.29) is 12.5 Å². The summed E-state index contributed by atoms with van der Waals surface area (Å²) in [5, 5.41) is 0.853. The molecule has 8 heteroatoms. The molecule has 3 aromatic rings. The van der Waals surface area contributed by atoms with E-state index in [4.69, 9.17) is 4.74 Å². The topological polar surface area (TPSA) is 48.6 Å². The Morgan fingerprint density at radius 1 is 1.07 bits per heavy atom. The van der Waals surface area contributed by atoms with Crippen LogP contribution in [0.25, 0.3) is 10.9 Å². The predicted molar refractivity (Wildman–Crippen MR) is 110 cm³/mol. The molecule has 0 bridgehead atoms. The Morgan fingerprint density at radius 2 is 1.83 bits per heavy atom. The van der Waals surface area contributed by atoms with Crippen LogP contribution in [-0.4, -0.2) is 55.0 Å². The first-order valence-corrected chi connectivity index (χ1v) is 9.44. The zero-order valence-corrected chi connectivity index (χ0v) is 17.1. The van der Waals surface area contributed by atoms with Gasteiger partial charge in [-0.25, -0.2) is 0 Å². The third-order valence-electron chi connectivity index (χ3n) is 4.79. The molecule has 3 rings (SSSR count). The number of halogens is 3. The monoisotopic (exact) mass is 419 g/mol. The number of carbonyl (C=O) groups excluding carboxylic acids is 1. The minimum atomic E-state index is -4.43. The van der Waals surface area contributed by atoms with E-state index in [1.807, 2.05) is 25.1 Å². The molecule has 1 aromatic heterocycles. The van der Waals surface area contributed by atoms with Crippen LogP contribution in [-0.2, 0) is 12.7 Å². The van der Waals surface area contributed by atoms with Crippen LogP contribution in [0.2, 0.25) is 0 Å². The molecule has 0 aliphatic heterocycles. The molecule has 0 aliphatic carbocycles. The van der Waals surface area contributed by atoms with Crippen LogP contribution in [0.5, 0.6) is 5.75 Å². The summed E-state index contributed by atoms with van der Waals surface area (Å²) in [6, 6.07) is 12.3. The summed E-state index contributed by atoms with van der Waals surface area (Å²) < 4.78 is 44.4. The van der Waals surface area contributed by atoms with Gasteiger partial charge in [0.25, 0.3) is 5.91 Å². The number of alkyl halides is 3. The number of rotatable bonds is 7. The lowest BCUT2D eigenvalue weighted by Gasteiger charge is -2.24. The number of ether oxygens (including phenoxy) is 1. The molecule has 0 aliphatic rings. The van der Waals surface area contributed by atoms with Crippen molar-refractivity contribution in [1.82, 2.24) is 14.8 Å². The summed E-state index contributed by atoms with van der Waals surface area (Å²) in [6.45, 7) is 1.04. The van der Waals surface area contributed by atoms with Gasteiger partial charge in [-0.15, -0.1) is 0 Å². The lowest BCUT2D eigenvalue weighted by Crippen LogP contribution is -2.36. The zero-order chi connectivity index (χ0) is 21.9. The van der Waals surface area contributed by atoms with Crippen molar-refractivity contribution in [3.05, 3.63) is 65.4 Å². The number of aromatic amines is 1. The van der Waals surface area contributed by atoms with Crippen molar-refractivity contribution in [2.75, 3.05) is 34.3 Å². The number of likely N-dealkylation sites (N-methyl/N-ethyl adjacent to an activating group) is 1. The second kappa shape index (κ2) is 8.79. The van der Waals surface area contributed by atoms with Crippen molar-refractivity contribution in [2.45, 2.75) is 12.7 Å². The van der Waals surface area contributed by atoms with Gasteiger partial charge >= 0.3 is 6.18 Å². The standard InChI is InChI=1S/C22H24F3N3O2/c1-27(2)9-10-28(14-15-5-4-6-17(11-15)22(23,24)25)21(29)20-12-16-7-8-18(30-3)13-19(16)26-20/h4-8,11-13,26H,9-10,14H2,1-3H3. The number of hydrogen-bond donors (Lipinski definition) is 1. The first-order chi connectivity index (χ1) is 14.2. The number of carbonyl (C=O) groups is 1. The molecule has 160 valence electrons. The number of benzene rings is 2. The van der Waals surface area contributed by atoms with E-state index in [0.29, 0.717) is 30.1 Å². The van der Waals surface area contributed by atoms with Crippen LogP contribution < -0.4 is 4.74 Å². The van der Waals surface area contributed by atoms with Crippen LogP contribution in [0.1, 0.15) is 21.6 Å². The van der Waals surface area contributed by atoms with Gasteiger partial charge in [0.2, 0.25) is 0 Å². The van der Waals surface area contributed by atoms with Gasteiger partial charge in [-0.1, -0.05) is 12.1 Å². The number of hydrogen-bond acceptors (Lipinski definition) is 3. The van der Waals surface area contributed by atoms with E-state index in [0.717, 1.165) is 23.0 Å². The summed E-state index contributed by atoms with van der Waals surface area (Å²) in [4.78, 5) is 19.8. The highest BCUT2D eigenvalue weighted by Crippen LogP contribution is 2.30. The highest BCUT2D eigenvalue weighted by atomic mass is 19.4. The lowest BCUT2D eigenvalue weighted by atomic mass is 10.1. The fourth-order valence-electron chi connectivity index (χ4n) is 3.16. The van der Waals surface area contributed by atoms with Crippen molar-refractivity contribution in [3.63, 3.8) is 0 Å². The quantitative estimate of drug-likeness (QED) is 0.618. The maximum atomic E-state index is 13.2. The number of nitrogens with zero attached hydrogens (tertiary/aromatic N) is 2. The molecular formula is C22H24F3N3O2. The third-order valence-corrected chi connectivity index (χ3v) is 4.79. The van der Waals surface area contributed by atoms with Crippen molar-refractivity contribution < 1.29 is 22.7 Å². The molecule has 0 spiro atoms. The number of nitrogens with one attached hydrogen (secondary N) is 1. The predicted octanol–water partition coefficient (Wildman–Crippen LogP) is 4.40. The Kier molecular flexibility index (Phi) is 6.36. The Morgan fingerprint density at radius 3 is 2.50 bits per heavy atom. The number of fused-ring (bicyclic) bond motifs is 1. The van der Waals surface area contributed by atoms with Crippen LogP contribution >= 0.6 is 0 Å². The second-order valence-electron chi connectivity index (χ2n) is 7.36. The molecule has 1 N–H and O–H groups in total. The largest absolute Gasteiger partial charge is 0.497 e. The van der Waals surface area contributed by atoms with Crippen molar-refractivity contribution in [1.29, 1.82) is 0 Å². The molecular weight excluding hydrogens is 395 g/mol. The van der Waals surface area contributed by atoms with Gasteiger partial charge in [-0.3, -0.25) is 4.79 Å². The smallest absolute Gasteiger partial charge is 0.416 e. The Labute approximate surface area is 173 Å². The van der Waals surface area contributed by atoms with E-state index >= 15 is 0 Å². The van der Waals surface area contributed by atoms with Gasteiger partial charge in [0.1, 0.15) is 11.4 Å². The van der Waals surface area contributed by atoms with Gasteiger partial charge in [0, 0.05) is 36.6 Å². The first kappa shape index (κ1) is 21.7. The van der Waals surface area contributed by atoms with Gasteiger partial charge < -0.3 is 19.5 Å². The molecule has 1 heterocycles. The van der Waals surface area contributed by atoms with E-state index in [1.54, 1.807) is 36.3 Å². The lowest BCUT2D eigenvalue weighted by molar-refractivity contribution is -0.137. The molecule has 5 nitrogen and oxygen atoms in total. The van der Waals surface area contributed by atoms with Gasteiger partial charge in [0.05, 0.1) is 12.7 Å². The van der Waals surface area contributed by atoms with Crippen molar-refractivity contribution in [2.24, 2.45) is 0 Å². The van der Waals surface area contributed by atoms with Crippen LogP contribution in [0.4, 0.5) is 13.2 Å². The van der Waals surface area contributed by atoms with E-state index < -0.39 is 11.7 Å². The third kappa shape index (κ3) is 5.13. The number of methoxy groups -OCH3 is 1. The summed E-state index contributed by atoms with van der Waals surface area (Å²) in [5.74, 6) is 0.390. The maximum absolute atomic E-state index is 13.2. The molecule has 1 amide bonds. The van der Waals surface area contributed by atoms with Gasteiger partial charge in [-0.05, 0) is 50.0 Å². The molecule has 30 heavy (non-hydrogen) atoms. The maximum Gasteiger partial charge on any atom is 0.416 e. The number of aromatic nitrogens is 1. The van der Waals surface area contributed by atoms with Crippen molar-refractivity contribution in [3.8, 4) is 5.75 Å². The Hall–Kier alpha value is -3.00. The second-order valence-corrected chi connectivity index (χ2v) is 7.36. The van der Waals surface area contributed by atoms with E-state index in [9.17, 15) is 18.0 Å². The fourth-order valence-corrected chi connectivity index (χ4v) is 3.16.